The molecule has 2 unspecified atom stereocenters. The first-order chi connectivity index (χ1) is 17.0. The fourth-order valence-corrected chi connectivity index (χ4v) is 6.35. The molecule has 1 N–H and O–H groups in total. The maximum Gasteiger partial charge on any atom is 0.307 e. The normalized spacial score (nSPS) is 22.5. The Hall–Kier alpha value is -3.37. The van der Waals surface area contributed by atoms with Gasteiger partial charge in [0, 0.05) is 36.9 Å². The van der Waals surface area contributed by atoms with E-state index in [-0.39, 0.29) is 12.0 Å². The van der Waals surface area contributed by atoms with Crippen LogP contribution in [0, 0.1) is 24.2 Å². The van der Waals surface area contributed by atoms with Gasteiger partial charge in [-0.05, 0) is 86.9 Å². The zero-order valence-electron chi connectivity index (χ0n) is 20.1. The first-order valence-corrected chi connectivity index (χ1v) is 12.7. The quantitative estimate of drug-likeness (QED) is 0.570. The van der Waals surface area contributed by atoms with Gasteiger partial charge in [-0.25, -0.2) is 4.98 Å². The Morgan fingerprint density at radius 1 is 1.20 bits per heavy atom. The lowest BCUT2D eigenvalue weighted by Gasteiger charge is -2.30. The Bertz CT molecular complexity index is 1350. The molecule has 1 aliphatic carbocycles. The van der Waals surface area contributed by atoms with Crippen LogP contribution >= 0.6 is 0 Å². The maximum atomic E-state index is 11.5. The zero-order valence-corrected chi connectivity index (χ0v) is 20.1. The van der Waals surface area contributed by atoms with Gasteiger partial charge in [0.05, 0.1) is 5.92 Å². The van der Waals surface area contributed by atoms with E-state index in [1.807, 2.05) is 6.07 Å². The van der Waals surface area contributed by atoms with Crippen molar-refractivity contribution in [2.75, 3.05) is 31.1 Å². The van der Waals surface area contributed by atoms with E-state index in [4.69, 9.17) is 9.40 Å². The second-order valence-corrected chi connectivity index (χ2v) is 10.2. The Morgan fingerprint density at radius 2 is 2.03 bits per heavy atom. The number of aliphatic carboxylic acids is 1. The number of carbonyl (C=O) groups is 1. The van der Waals surface area contributed by atoms with E-state index >= 15 is 0 Å². The molecule has 2 atom stereocenters. The van der Waals surface area contributed by atoms with Crippen molar-refractivity contribution in [3.8, 4) is 17.5 Å². The molecule has 2 aliphatic heterocycles. The van der Waals surface area contributed by atoms with E-state index in [0.717, 1.165) is 54.7 Å². The summed E-state index contributed by atoms with van der Waals surface area (Å²) >= 11 is 0. The third kappa shape index (κ3) is 3.68. The SMILES string of the molecule is Cc1c(-c2nc3cc4c(c(C#N)c3o2)CCC4N2CCC(C(=O)O)C2)cccc1N1CCCCC1. The fourth-order valence-electron chi connectivity index (χ4n) is 6.35. The summed E-state index contributed by atoms with van der Waals surface area (Å²) in [5.74, 6) is -0.477. The maximum absolute atomic E-state index is 11.5. The van der Waals surface area contributed by atoms with Crippen LogP contribution in [0.15, 0.2) is 28.7 Å². The third-order valence-electron chi connectivity index (χ3n) is 8.20. The highest BCUT2D eigenvalue weighted by atomic mass is 16.4. The number of carboxylic acid groups (broad SMARTS) is 1. The van der Waals surface area contributed by atoms with Crippen LogP contribution in [-0.2, 0) is 11.2 Å². The minimum Gasteiger partial charge on any atom is -0.481 e. The molecule has 0 amide bonds. The second kappa shape index (κ2) is 8.69. The number of aromatic nitrogens is 1. The van der Waals surface area contributed by atoms with Crippen molar-refractivity contribution in [1.82, 2.24) is 9.88 Å². The van der Waals surface area contributed by atoms with Crippen molar-refractivity contribution in [2.24, 2.45) is 5.92 Å². The summed E-state index contributed by atoms with van der Waals surface area (Å²) in [6, 6.07) is 10.9. The number of fused-ring (bicyclic) bond motifs is 2. The van der Waals surface area contributed by atoms with E-state index in [2.05, 4.69) is 41.0 Å². The number of anilines is 1. The smallest absolute Gasteiger partial charge is 0.307 e. The average molecular weight is 471 g/mol. The van der Waals surface area contributed by atoms with Gasteiger partial charge in [-0.15, -0.1) is 0 Å². The lowest BCUT2D eigenvalue weighted by Crippen LogP contribution is -2.30. The Kier molecular flexibility index (Phi) is 5.49. The highest BCUT2D eigenvalue weighted by Crippen LogP contribution is 2.43. The number of nitrogens with zero attached hydrogens (tertiary/aromatic N) is 4. The van der Waals surface area contributed by atoms with Crippen LogP contribution < -0.4 is 4.90 Å². The molecule has 0 spiro atoms. The first kappa shape index (κ1) is 22.1. The molecule has 35 heavy (non-hydrogen) atoms. The largest absolute Gasteiger partial charge is 0.481 e. The van der Waals surface area contributed by atoms with Gasteiger partial charge < -0.3 is 14.4 Å². The van der Waals surface area contributed by atoms with Gasteiger partial charge in [-0.1, -0.05) is 6.07 Å². The molecule has 7 heteroatoms. The molecular weight excluding hydrogens is 440 g/mol. The third-order valence-corrected chi connectivity index (χ3v) is 8.20. The number of benzene rings is 2. The molecular formula is C28H30N4O3. The number of piperidine rings is 1. The summed E-state index contributed by atoms with van der Waals surface area (Å²) in [7, 11) is 0. The minimum absolute atomic E-state index is 0.134. The van der Waals surface area contributed by atoms with Crippen molar-refractivity contribution in [3.63, 3.8) is 0 Å². The molecule has 6 rings (SSSR count). The van der Waals surface area contributed by atoms with Crippen LogP contribution in [0.5, 0.6) is 0 Å². The van der Waals surface area contributed by atoms with Gasteiger partial charge in [0.25, 0.3) is 0 Å². The molecule has 180 valence electrons. The van der Waals surface area contributed by atoms with E-state index in [1.54, 1.807) is 0 Å². The van der Waals surface area contributed by atoms with Crippen LogP contribution in [-0.4, -0.2) is 47.1 Å². The van der Waals surface area contributed by atoms with Gasteiger partial charge in [0.15, 0.2) is 5.58 Å². The summed E-state index contributed by atoms with van der Waals surface area (Å²) in [6.07, 6.45) is 6.09. The van der Waals surface area contributed by atoms with Gasteiger partial charge in [0.2, 0.25) is 5.89 Å². The highest BCUT2D eigenvalue weighted by molar-refractivity contribution is 5.86. The summed E-state index contributed by atoms with van der Waals surface area (Å²) in [6.45, 7) is 5.61. The topological polar surface area (TPSA) is 93.6 Å². The molecule has 3 heterocycles. The monoisotopic (exact) mass is 470 g/mol. The average Bonchev–Trinajstić information content (AvgIpc) is 3.61. The van der Waals surface area contributed by atoms with Gasteiger partial charge in [-0.3, -0.25) is 9.69 Å². The number of oxazole rings is 1. The number of carboxylic acids is 1. The number of hydrogen-bond donors (Lipinski definition) is 1. The molecule has 2 fully saturated rings. The van der Waals surface area contributed by atoms with Gasteiger partial charge in [-0.2, -0.15) is 5.26 Å². The van der Waals surface area contributed by atoms with Crippen molar-refractivity contribution in [1.29, 1.82) is 5.26 Å². The number of nitriles is 1. The molecule has 1 aromatic heterocycles. The summed E-state index contributed by atoms with van der Waals surface area (Å²) in [5.41, 5.74) is 7.35. The van der Waals surface area contributed by atoms with Crippen LogP contribution in [0.2, 0.25) is 0 Å². The van der Waals surface area contributed by atoms with Crippen molar-refractivity contribution < 1.29 is 14.3 Å². The van der Waals surface area contributed by atoms with Crippen molar-refractivity contribution in [3.05, 3.63) is 46.5 Å². The Labute approximate surface area is 205 Å². The van der Waals surface area contributed by atoms with Crippen LogP contribution in [0.3, 0.4) is 0 Å². The summed E-state index contributed by atoms with van der Waals surface area (Å²) in [4.78, 5) is 21.1. The Morgan fingerprint density at radius 3 is 2.77 bits per heavy atom. The number of rotatable bonds is 4. The van der Waals surface area contributed by atoms with Crippen molar-refractivity contribution >= 4 is 22.8 Å². The lowest BCUT2D eigenvalue weighted by atomic mass is 10.0. The van der Waals surface area contributed by atoms with E-state index in [1.165, 1.54) is 24.9 Å². The highest BCUT2D eigenvalue weighted by Gasteiger charge is 2.37. The molecule has 2 aromatic carbocycles. The van der Waals surface area contributed by atoms with Gasteiger partial charge in [0.1, 0.15) is 17.1 Å². The van der Waals surface area contributed by atoms with Crippen LogP contribution in [0.25, 0.3) is 22.6 Å². The standard InChI is InChI=1S/C28H30N4O3/c1-17-19(6-5-7-24(17)31-11-3-2-4-12-31)27-30-23-14-21-20(22(15-29)26(23)35-27)8-9-25(21)32-13-10-18(16-32)28(33)34/h5-7,14,18,25H,2-4,8-13,16H2,1H3,(H,33,34). The van der Waals surface area contributed by atoms with Gasteiger partial charge >= 0.3 is 5.97 Å². The van der Waals surface area contributed by atoms with E-state index in [9.17, 15) is 15.2 Å². The van der Waals surface area contributed by atoms with Crippen molar-refractivity contribution in [2.45, 2.75) is 51.5 Å². The molecule has 0 radical (unpaired) electrons. The first-order valence-electron chi connectivity index (χ1n) is 12.7. The summed E-state index contributed by atoms with van der Waals surface area (Å²) in [5, 5.41) is 19.5. The number of hydrogen-bond acceptors (Lipinski definition) is 6. The van der Waals surface area contributed by atoms with E-state index in [0.29, 0.717) is 35.5 Å². The van der Waals surface area contributed by atoms with Crippen LogP contribution in [0.1, 0.15) is 60.4 Å². The lowest BCUT2D eigenvalue weighted by molar-refractivity contribution is -0.141. The zero-order chi connectivity index (χ0) is 24.1. The second-order valence-electron chi connectivity index (χ2n) is 10.2. The molecule has 0 saturated carbocycles. The van der Waals surface area contributed by atoms with E-state index < -0.39 is 5.97 Å². The summed E-state index contributed by atoms with van der Waals surface area (Å²) < 4.78 is 6.29. The van der Waals surface area contributed by atoms with Crippen LogP contribution in [0.4, 0.5) is 5.69 Å². The fraction of sp³-hybridized carbons (Fsp3) is 0.464. The number of likely N-dealkylation sites (tertiary alicyclic amines) is 1. The molecule has 3 aromatic rings. The predicted molar refractivity (Wildman–Crippen MR) is 133 cm³/mol. The molecule has 2 saturated heterocycles. The molecule has 3 aliphatic rings. The Balaban J connectivity index is 1.39. The molecule has 0 bridgehead atoms. The molecule has 7 nitrogen and oxygen atoms in total. The predicted octanol–water partition coefficient (Wildman–Crippen LogP) is 5.06. The minimum atomic E-state index is -0.720.